The fourth-order valence-electron chi connectivity index (χ4n) is 1.87. The van der Waals surface area contributed by atoms with E-state index < -0.39 is 12.0 Å². The van der Waals surface area contributed by atoms with Crippen LogP contribution in [-0.4, -0.2) is 42.3 Å². The normalized spacial score (nSPS) is 14.6. The van der Waals surface area contributed by atoms with Crippen molar-refractivity contribution in [2.75, 3.05) is 20.3 Å². The Morgan fingerprint density at radius 2 is 2.10 bits per heavy atom. The number of carbonyl (C=O) groups is 1. The van der Waals surface area contributed by atoms with Crippen LogP contribution >= 0.6 is 24.0 Å². The van der Waals surface area contributed by atoms with Crippen molar-refractivity contribution >= 4 is 30.0 Å². The van der Waals surface area contributed by atoms with Gasteiger partial charge in [0.05, 0.1) is 5.02 Å². The zero-order chi connectivity index (χ0) is 14.0. The smallest absolute Gasteiger partial charge is 0.320 e. The molecule has 0 amide bonds. The van der Waals surface area contributed by atoms with Crippen LogP contribution in [0, 0.1) is 0 Å². The molecule has 1 aromatic rings. The van der Waals surface area contributed by atoms with Crippen molar-refractivity contribution in [1.82, 2.24) is 4.90 Å². The first kappa shape index (κ1) is 16.9. The number of nitrogens with zero attached hydrogens (tertiary/aromatic N) is 1. The summed E-state index contributed by atoms with van der Waals surface area (Å²) in [4.78, 5) is 12.6. The van der Waals surface area contributed by atoms with Crippen LogP contribution in [0.25, 0.3) is 0 Å². The van der Waals surface area contributed by atoms with Crippen LogP contribution in [0.3, 0.4) is 0 Å². The van der Waals surface area contributed by atoms with Gasteiger partial charge in [-0.1, -0.05) is 11.6 Å². The first-order valence-corrected chi connectivity index (χ1v) is 6.38. The van der Waals surface area contributed by atoms with E-state index in [0.29, 0.717) is 36.3 Å². The fraction of sp³-hybridized carbons (Fsp3) is 0.462. The molecule has 1 atom stereocenters. The summed E-state index contributed by atoms with van der Waals surface area (Å²) >= 11 is 6.13. The molecule has 0 aromatic heterocycles. The predicted molar refractivity (Wildman–Crippen MR) is 78.3 cm³/mol. The van der Waals surface area contributed by atoms with Crippen LogP contribution in [0.2, 0.25) is 5.02 Å². The molecule has 0 aliphatic carbocycles. The number of benzene rings is 1. The molecule has 0 saturated carbocycles. The highest BCUT2D eigenvalue weighted by molar-refractivity contribution is 6.32. The molecule has 1 aromatic carbocycles. The molecule has 1 heterocycles. The third-order valence-corrected chi connectivity index (χ3v) is 3.39. The van der Waals surface area contributed by atoms with Crippen molar-refractivity contribution in [3.63, 3.8) is 0 Å². The van der Waals surface area contributed by atoms with Gasteiger partial charge < -0.3 is 14.6 Å². The van der Waals surface area contributed by atoms with Gasteiger partial charge in [-0.2, -0.15) is 0 Å². The van der Waals surface area contributed by atoms with E-state index in [1.165, 1.54) is 0 Å². The maximum absolute atomic E-state index is 10.9. The minimum absolute atomic E-state index is 0. The zero-order valence-electron chi connectivity index (χ0n) is 11.3. The summed E-state index contributed by atoms with van der Waals surface area (Å²) in [5.41, 5.74) is 0.893. The molecule has 0 bridgehead atoms. The number of likely N-dealkylation sites (N-methyl/N-ethyl adjacent to an activating group) is 1. The van der Waals surface area contributed by atoms with Gasteiger partial charge >= 0.3 is 5.97 Å². The number of ether oxygens (including phenoxy) is 2. The maximum atomic E-state index is 10.9. The van der Waals surface area contributed by atoms with Crippen LogP contribution in [0.1, 0.15) is 12.5 Å². The predicted octanol–water partition coefficient (Wildman–Crippen LogP) is 2.44. The highest BCUT2D eigenvalue weighted by Gasteiger charge is 2.20. The van der Waals surface area contributed by atoms with Gasteiger partial charge in [0.1, 0.15) is 19.3 Å². The minimum atomic E-state index is -0.855. The van der Waals surface area contributed by atoms with Gasteiger partial charge in [-0.3, -0.25) is 9.69 Å². The summed E-state index contributed by atoms with van der Waals surface area (Å²) in [6.45, 7) is 3.10. The van der Waals surface area contributed by atoms with Crippen molar-refractivity contribution in [2.45, 2.75) is 19.5 Å². The second-order valence-corrected chi connectivity index (χ2v) is 4.94. The van der Waals surface area contributed by atoms with E-state index in [-0.39, 0.29) is 12.4 Å². The Morgan fingerprint density at radius 3 is 2.75 bits per heavy atom. The van der Waals surface area contributed by atoms with Crippen LogP contribution in [-0.2, 0) is 11.3 Å². The molecular formula is C13H17Cl2NO4. The van der Waals surface area contributed by atoms with Gasteiger partial charge in [0, 0.05) is 6.54 Å². The van der Waals surface area contributed by atoms with Gasteiger partial charge in [-0.05, 0) is 31.7 Å². The van der Waals surface area contributed by atoms with E-state index >= 15 is 0 Å². The average Bonchev–Trinajstić information content (AvgIpc) is 2.37. The Kier molecular flexibility index (Phi) is 5.92. The molecule has 0 radical (unpaired) electrons. The summed E-state index contributed by atoms with van der Waals surface area (Å²) < 4.78 is 10.9. The number of carboxylic acid groups (broad SMARTS) is 1. The summed E-state index contributed by atoms with van der Waals surface area (Å²) in [6, 6.07) is 3.05. The van der Waals surface area contributed by atoms with Crippen molar-refractivity contribution in [1.29, 1.82) is 0 Å². The SMILES string of the molecule is CC(C(=O)O)N(C)Cc1cc(Cl)c2c(c1)OCCO2.Cl. The second kappa shape index (κ2) is 7.02. The lowest BCUT2D eigenvalue weighted by Crippen LogP contribution is -2.35. The largest absolute Gasteiger partial charge is 0.486 e. The summed E-state index contributed by atoms with van der Waals surface area (Å²) in [5, 5.41) is 9.45. The first-order chi connectivity index (χ1) is 8.99. The number of halogens is 2. The molecule has 0 spiro atoms. The monoisotopic (exact) mass is 321 g/mol. The van der Waals surface area contributed by atoms with Crippen LogP contribution < -0.4 is 9.47 Å². The minimum Gasteiger partial charge on any atom is -0.486 e. The fourth-order valence-corrected chi connectivity index (χ4v) is 2.16. The Morgan fingerprint density at radius 1 is 1.45 bits per heavy atom. The Hall–Kier alpha value is -1.17. The number of carboxylic acids is 1. The van der Waals surface area contributed by atoms with E-state index in [2.05, 4.69) is 0 Å². The molecule has 1 N–H and O–H groups in total. The number of aliphatic carboxylic acids is 1. The van der Waals surface area contributed by atoms with E-state index in [1.54, 1.807) is 24.9 Å². The molecule has 5 nitrogen and oxygen atoms in total. The molecule has 7 heteroatoms. The van der Waals surface area contributed by atoms with Gasteiger partial charge in [-0.15, -0.1) is 12.4 Å². The lowest BCUT2D eigenvalue weighted by Gasteiger charge is -2.24. The summed E-state index contributed by atoms with van der Waals surface area (Å²) in [5.74, 6) is 0.321. The highest BCUT2D eigenvalue weighted by Crippen LogP contribution is 2.38. The van der Waals surface area contributed by atoms with E-state index in [0.717, 1.165) is 5.56 Å². The lowest BCUT2D eigenvalue weighted by atomic mass is 10.1. The molecule has 1 unspecified atom stereocenters. The topological polar surface area (TPSA) is 59.0 Å². The summed E-state index contributed by atoms with van der Waals surface area (Å²) in [7, 11) is 1.75. The number of hydrogen-bond donors (Lipinski definition) is 1. The molecule has 1 aliphatic heterocycles. The molecule has 20 heavy (non-hydrogen) atoms. The average molecular weight is 322 g/mol. The Bertz CT molecular complexity index is 496. The highest BCUT2D eigenvalue weighted by atomic mass is 35.5. The van der Waals surface area contributed by atoms with Crippen LogP contribution in [0.4, 0.5) is 0 Å². The molecular weight excluding hydrogens is 305 g/mol. The first-order valence-electron chi connectivity index (χ1n) is 6.00. The summed E-state index contributed by atoms with van der Waals surface area (Å²) in [6.07, 6.45) is 0. The van der Waals surface area contributed by atoms with Crippen molar-refractivity contribution in [3.8, 4) is 11.5 Å². The van der Waals surface area contributed by atoms with Crippen molar-refractivity contribution in [3.05, 3.63) is 22.7 Å². The molecule has 1 aliphatic rings. The molecule has 112 valence electrons. The van der Waals surface area contributed by atoms with Gasteiger partial charge in [0.2, 0.25) is 0 Å². The number of hydrogen-bond acceptors (Lipinski definition) is 4. The van der Waals surface area contributed by atoms with Crippen LogP contribution in [0.15, 0.2) is 12.1 Å². The third-order valence-electron chi connectivity index (χ3n) is 3.11. The zero-order valence-corrected chi connectivity index (χ0v) is 12.8. The molecule has 2 rings (SSSR count). The van der Waals surface area contributed by atoms with E-state index in [1.807, 2.05) is 6.07 Å². The van der Waals surface area contributed by atoms with Crippen molar-refractivity contribution < 1.29 is 19.4 Å². The van der Waals surface area contributed by atoms with Gasteiger partial charge in [-0.25, -0.2) is 0 Å². The van der Waals surface area contributed by atoms with E-state index in [4.69, 9.17) is 26.2 Å². The molecule has 0 fully saturated rings. The lowest BCUT2D eigenvalue weighted by molar-refractivity contribution is -0.142. The van der Waals surface area contributed by atoms with Gasteiger partial charge in [0.25, 0.3) is 0 Å². The van der Waals surface area contributed by atoms with E-state index in [9.17, 15) is 4.79 Å². The van der Waals surface area contributed by atoms with Gasteiger partial charge in [0.15, 0.2) is 11.5 Å². The number of fused-ring (bicyclic) bond motifs is 1. The standard InChI is InChI=1S/C13H16ClNO4.ClH/c1-8(13(16)17)15(2)7-9-5-10(14)12-11(6-9)18-3-4-19-12;/h5-6,8H,3-4,7H2,1-2H3,(H,16,17);1H. The third kappa shape index (κ3) is 3.69. The number of rotatable bonds is 4. The van der Waals surface area contributed by atoms with Crippen molar-refractivity contribution in [2.24, 2.45) is 0 Å². The maximum Gasteiger partial charge on any atom is 0.320 e. The second-order valence-electron chi connectivity index (χ2n) is 4.53. The Balaban J connectivity index is 0.00000200. The Labute approximate surface area is 128 Å². The molecule has 0 saturated heterocycles. The van der Waals surface area contributed by atoms with Crippen LogP contribution in [0.5, 0.6) is 11.5 Å². The quantitative estimate of drug-likeness (QED) is 0.923.